The van der Waals surface area contributed by atoms with E-state index < -0.39 is 0 Å². The maximum atomic E-state index is 5.73. The number of rotatable bonds is 4. The molecule has 0 aliphatic heterocycles. The second kappa shape index (κ2) is 6.00. The topological polar surface area (TPSA) is 38.0 Å². The third-order valence-corrected chi connectivity index (χ3v) is 3.48. The third kappa shape index (κ3) is 3.22. The molecule has 0 heterocycles. The molecule has 0 spiro atoms. The van der Waals surface area contributed by atoms with Crippen molar-refractivity contribution in [1.29, 1.82) is 0 Å². The maximum Gasteiger partial charge on any atom is 0.0710 e. The molecule has 2 rings (SSSR count). The Balaban J connectivity index is 2.31. The molecular formula is C17H22N2. The van der Waals surface area contributed by atoms with E-state index in [1.54, 1.807) is 0 Å². The lowest BCUT2D eigenvalue weighted by molar-refractivity contribution is 0.636. The number of hydrogen-bond donors (Lipinski definition) is 2. The molecule has 0 fully saturated rings. The molecule has 0 aromatic heterocycles. The monoisotopic (exact) mass is 254 g/mol. The Labute approximate surface area is 115 Å². The molecule has 0 radical (unpaired) electrons. The van der Waals surface area contributed by atoms with Gasteiger partial charge in [0.15, 0.2) is 0 Å². The van der Waals surface area contributed by atoms with Crippen LogP contribution in [0.15, 0.2) is 48.5 Å². The molecule has 3 N–H and O–H groups in total. The van der Waals surface area contributed by atoms with E-state index in [0.717, 1.165) is 0 Å². The first kappa shape index (κ1) is 13.8. The summed E-state index contributed by atoms with van der Waals surface area (Å²) in [6.45, 7) is 6.50. The van der Waals surface area contributed by atoms with Gasteiger partial charge in [-0.05, 0) is 29.5 Å². The van der Waals surface area contributed by atoms with Crippen LogP contribution in [0.1, 0.15) is 48.1 Å². The Hall–Kier alpha value is -1.64. The van der Waals surface area contributed by atoms with Crippen molar-refractivity contribution in [2.75, 3.05) is 0 Å². The molecule has 0 aliphatic rings. The minimum Gasteiger partial charge on any atom is -0.271 e. The first-order valence-electron chi connectivity index (χ1n) is 6.74. The fraction of sp³-hybridized carbons (Fsp3) is 0.294. The van der Waals surface area contributed by atoms with E-state index in [9.17, 15) is 0 Å². The largest absolute Gasteiger partial charge is 0.271 e. The molecule has 0 saturated heterocycles. The van der Waals surface area contributed by atoms with Crippen LogP contribution in [0.25, 0.3) is 0 Å². The molecule has 100 valence electrons. The summed E-state index contributed by atoms with van der Waals surface area (Å²) in [6.07, 6.45) is 0. The quantitative estimate of drug-likeness (QED) is 0.645. The lowest BCUT2D eigenvalue weighted by Gasteiger charge is -2.18. The number of hydrogen-bond acceptors (Lipinski definition) is 2. The average molecular weight is 254 g/mol. The van der Waals surface area contributed by atoms with Gasteiger partial charge < -0.3 is 0 Å². The highest BCUT2D eigenvalue weighted by molar-refractivity contribution is 5.35. The number of hydrazine groups is 1. The number of aryl methyl sites for hydroxylation is 1. The van der Waals surface area contributed by atoms with Crippen LogP contribution >= 0.6 is 0 Å². The van der Waals surface area contributed by atoms with Crippen LogP contribution in [-0.2, 0) is 0 Å². The molecule has 0 amide bonds. The minimum atomic E-state index is 0.0427. The second-order valence-electron chi connectivity index (χ2n) is 5.34. The van der Waals surface area contributed by atoms with Gasteiger partial charge in [0.05, 0.1) is 6.04 Å². The summed E-state index contributed by atoms with van der Waals surface area (Å²) < 4.78 is 0. The summed E-state index contributed by atoms with van der Waals surface area (Å²) in [5.74, 6) is 6.29. The van der Waals surface area contributed by atoms with Crippen LogP contribution in [0, 0.1) is 6.92 Å². The van der Waals surface area contributed by atoms with Crippen LogP contribution in [0.2, 0.25) is 0 Å². The van der Waals surface area contributed by atoms with Gasteiger partial charge >= 0.3 is 0 Å². The minimum absolute atomic E-state index is 0.0427. The highest BCUT2D eigenvalue weighted by Gasteiger charge is 2.12. The Morgan fingerprint density at radius 3 is 2.05 bits per heavy atom. The smallest absolute Gasteiger partial charge is 0.0710 e. The summed E-state index contributed by atoms with van der Waals surface area (Å²) in [5, 5.41) is 0. The molecule has 2 aromatic carbocycles. The van der Waals surface area contributed by atoms with Crippen molar-refractivity contribution >= 4 is 0 Å². The molecule has 0 bridgehead atoms. The molecule has 2 aromatic rings. The predicted octanol–water partition coefficient (Wildman–Crippen LogP) is 3.67. The lowest BCUT2D eigenvalue weighted by atomic mass is 9.95. The zero-order chi connectivity index (χ0) is 13.8. The fourth-order valence-corrected chi connectivity index (χ4v) is 2.31. The summed E-state index contributed by atoms with van der Waals surface area (Å²) in [6, 6.07) is 17.1. The van der Waals surface area contributed by atoms with Gasteiger partial charge in [-0.25, -0.2) is 5.43 Å². The summed E-state index contributed by atoms with van der Waals surface area (Å²) in [4.78, 5) is 0. The van der Waals surface area contributed by atoms with Crippen LogP contribution in [-0.4, -0.2) is 0 Å². The Morgan fingerprint density at radius 2 is 1.53 bits per heavy atom. The van der Waals surface area contributed by atoms with E-state index in [2.05, 4.69) is 74.7 Å². The van der Waals surface area contributed by atoms with Crippen molar-refractivity contribution in [2.45, 2.75) is 32.7 Å². The van der Waals surface area contributed by atoms with E-state index in [1.807, 2.05) is 0 Å². The van der Waals surface area contributed by atoms with Crippen molar-refractivity contribution in [3.8, 4) is 0 Å². The molecule has 1 unspecified atom stereocenters. The van der Waals surface area contributed by atoms with Gasteiger partial charge in [-0.3, -0.25) is 5.84 Å². The van der Waals surface area contributed by atoms with Crippen molar-refractivity contribution in [3.05, 3.63) is 70.8 Å². The molecule has 1 atom stereocenters. The summed E-state index contributed by atoms with van der Waals surface area (Å²) in [7, 11) is 0. The molecule has 0 aliphatic carbocycles. The van der Waals surface area contributed by atoms with E-state index >= 15 is 0 Å². The SMILES string of the molecule is Cc1cccc(C(NN)c2ccc(C(C)C)cc2)c1. The van der Waals surface area contributed by atoms with E-state index in [0.29, 0.717) is 5.92 Å². The van der Waals surface area contributed by atoms with E-state index in [1.165, 1.54) is 22.3 Å². The highest BCUT2D eigenvalue weighted by Crippen LogP contribution is 2.24. The Morgan fingerprint density at radius 1 is 0.895 bits per heavy atom. The molecule has 0 saturated carbocycles. The van der Waals surface area contributed by atoms with Crippen molar-refractivity contribution < 1.29 is 0 Å². The van der Waals surface area contributed by atoms with Crippen molar-refractivity contribution in [1.82, 2.24) is 5.43 Å². The van der Waals surface area contributed by atoms with Gasteiger partial charge in [-0.1, -0.05) is 67.9 Å². The van der Waals surface area contributed by atoms with Crippen molar-refractivity contribution in [2.24, 2.45) is 5.84 Å². The van der Waals surface area contributed by atoms with Crippen LogP contribution in [0.3, 0.4) is 0 Å². The molecule has 2 nitrogen and oxygen atoms in total. The molecule has 19 heavy (non-hydrogen) atoms. The summed E-state index contributed by atoms with van der Waals surface area (Å²) >= 11 is 0. The molecule has 2 heteroatoms. The van der Waals surface area contributed by atoms with Gasteiger partial charge in [0.2, 0.25) is 0 Å². The third-order valence-electron chi connectivity index (χ3n) is 3.48. The van der Waals surface area contributed by atoms with Gasteiger partial charge in [0, 0.05) is 0 Å². The van der Waals surface area contributed by atoms with E-state index in [-0.39, 0.29) is 6.04 Å². The maximum absolute atomic E-state index is 5.73. The first-order chi connectivity index (χ1) is 9.11. The number of nitrogens with two attached hydrogens (primary N) is 1. The zero-order valence-corrected chi connectivity index (χ0v) is 11.9. The second-order valence-corrected chi connectivity index (χ2v) is 5.34. The first-order valence-corrected chi connectivity index (χ1v) is 6.74. The Kier molecular flexibility index (Phi) is 4.35. The normalized spacial score (nSPS) is 12.7. The standard InChI is InChI=1S/C17H22N2/c1-12(2)14-7-9-15(10-8-14)17(19-18)16-6-4-5-13(3)11-16/h4-12,17,19H,18H2,1-3H3. The van der Waals surface area contributed by atoms with Crippen LogP contribution < -0.4 is 11.3 Å². The van der Waals surface area contributed by atoms with Crippen LogP contribution in [0.5, 0.6) is 0 Å². The number of nitrogens with one attached hydrogen (secondary N) is 1. The summed E-state index contributed by atoms with van der Waals surface area (Å²) in [5.41, 5.74) is 7.89. The number of benzene rings is 2. The van der Waals surface area contributed by atoms with Gasteiger partial charge in [0.1, 0.15) is 0 Å². The molecular weight excluding hydrogens is 232 g/mol. The van der Waals surface area contributed by atoms with Crippen LogP contribution in [0.4, 0.5) is 0 Å². The van der Waals surface area contributed by atoms with E-state index in [4.69, 9.17) is 5.84 Å². The van der Waals surface area contributed by atoms with Gasteiger partial charge in [-0.15, -0.1) is 0 Å². The van der Waals surface area contributed by atoms with Gasteiger partial charge in [0.25, 0.3) is 0 Å². The lowest BCUT2D eigenvalue weighted by Crippen LogP contribution is -2.28. The van der Waals surface area contributed by atoms with Crippen molar-refractivity contribution in [3.63, 3.8) is 0 Å². The average Bonchev–Trinajstić information content (AvgIpc) is 2.40. The fourth-order valence-electron chi connectivity index (χ4n) is 2.31. The highest BCUT2D eigenvalue weighted by atomic mass is 15.2. The zero-order valence-electron chi connectivity index (χ0n) is 11.9. The predicted molar refractivity (Wildman–Crippen MR) is 80.9 cm³/mol. The van der Waals surface area contributed by atoms with Gasteiger partial charge in [-0.2, -0.15) is 0 Å². The Bertz CT molecular complexity index is 529.